The number of aromatic nitrogens is 2. The number of nitrogens with zero attached hydrogens (tertiary/aromatic N) is 3. The van der Waals surface area contributed by atoms with Gasteiger partial charge in [-0.05, 0) is 6.92 Å². The number of rotatable bonds is 5. The Balaban J connectivity index is 2.98. The molecule has 1 aromatic heterocycles. The maximum Gasteiger partial charge on any atom is 0.140 e. The Morgan fingerprint density at radius 3 is 2.81 bits per heavy atom. The van der Waals surface area contributed by atoms with E-state index in [0.29, 0.717) is 18.0 Å². The zero-order chi connectivity index (χ0) is 12.1. The minimum atomic E-state index is -0.181. The van der Waals surface area contributed by atoms with Crippen molar-refractivity contribution in [3.63, 3.8) is 0 Å². The normalized spacial score (nSPS) is 12.6. The van der Waals surface area contributed by atoms with Crippen LogP contribution in [0.15, 0.2) is 6.33 Å². The Labute approximate surface area is 100 Å². The fraction of sp³-hybridized carbons (Fsp3) is 0.600. The predicted molar refractivity (Wildman–Crippen MR) is 62.7 cm³/mol. The molecular formula is C10H16ClN3O2. The van der Waals surface area contributed by atoms with Crippen molar-refractivity contribution in [3.05, 3.63) is 17.0 Å². The van der Waals surface area contributed by atoms with Crippen LogP contribution >= 0.6 is 11.6 Å². The van der Waals surface area contributed by atoms with Crippen LogP contribution in [-0.2, 0) is 11.3 Å². The lowest BCUT2D eigenvalue weighted by atomic mass is 10.2. The van der Waals surface area contributed by atoms with Crippen molar-refractivity contribution in [3.8, 4) is 0 Å². The lowest BCUT2D eigenvalue weighted by Gasteiger charge is -2.26. The molecule has 0 aromatic carbocycles. The average molecular weight is 246 g/mol. The third kappa shape index (κ3) is 2.81. The van der Waals surface area contributed by atoms with Crippen LogP contribution in [-0.4, -0.2) is 41.9 Å². The standard InChI is InChI=1S/C10H16ClN3O2/c1-7(5-16-3)14(2)10-8(4-15)9(11)12-6-13-10/h6-7,15H,4-5H2,1-3H3. The molecule has 0 amide bonds. The number of aliphatic hydroxyl groups is 1. The maximum absolute atomic E-state index is 9.24. The second-order valence-corrected chi connectivity index (χ2v) is 3.90. The van der Waals surface area contributed by atoms with Gasteiger partial charge in [0.25, 0.3) is 0 Å². The molecule has 0 saturated heterocycles. The zero-order valence-corrected chi connectivity index (χ0v) is 10.4. The fourth-order valence-electron chi connectivity index (χ4n) is 1.38. The molecule has 0 bridgehead atoms. The van der Waals surface area contributed by atoms with E-state index < -0.39 is 0 Å². The van der Waals surface area contributed by atoms with Gasteiger partial charge in [-0.15, -0.1) is 0 Å². The Hall–Kier alpha value is -0.910. The molecule has 0 aliphatic rings. The van der Waals surface area contributed by atoms with Crippen LogP contribution in [0.1, 0.15) is 12.5 Å². The summed E-state index contributed by atoms with van der Waals surface area (Å²) in [6.07, 6.45) is 1.38. The van der Waals surface area contributed by atoms with Crippen LogP contribution in [0, 0.1) is 0 Å². The summed E-state index contributed by atoms with van der Waals surface area (Å²) in [6.45, 7) is 2.39. The highest BCUT2D eigenvalue weighted by molar-refractivity contribution is 6.30. The third-order valence-electron chi connectivity index (χ3n) is 2.43. The first-order chi connectivity index (χ1) is 7.61. The highest BCUT2D eigenvalue weighted by Crippen LogP contribution is 2.23. The molecule has 0 spiro atoms. The molecule has 1 N–H and O–H groups in total. The number of hydrogen-bond donors (Lipinski definition) is 1. The van der Waals surface area contributed by atoms with E-state index in [-0.39, 0.29) is 17.8 Å². The van der Waals surface area contributed by atoms with Crippen molar-refractivity contribution < 1.29 is 9.84 Å². The van der Waals surface area contributed by atoms with Gasteiger partial charge in [0.2, 0.25) is 0 Å². The number of hydrogen-bond acceptors (Lipinski definition) is 5. The van der Waals surface area contributed by atoms with Gasteiger partial charge in [-0.25, -0.2) is 9.97 Å². The summed E-state index contributed by atoms with van der Waals surface area (Å²) < 4.78 is 5.07. The van der Waals surface area contributed by atoms with E-state index >= 15 is 0 Å². The largest absolute Gasteiger partial charge is 0.391 e. The highest BCUT2D eigenvalue weighted by atomic mass is 35.5. The topological polar surface area (TPSA) is 58.5 Å². The minimum absolute atomic E-state index is 0.140. The number of methoxy groups -OCH3 is 1. The van der Waals surface area contributed by atoms with Gasteiger partial charge in [0.05, 0.1) is 24.8 Å². The van der Waals surface area contributed by atoms with Gasteiger partial charge >= 0.3 is 0 Å². The van der Waals surface area contributed by atoms with Gasteiger partial charge < -0.3 is 14.7 Å². The summed E-state index contributed by atoms with van der Waals surface area (Å²) in [4.78, 5) is 9.87. The number of aliphatic hydroxyl groups excluding tert-OH is 1. The molecule has 1 heterocycles. The first-order valence-corrected chi connectivity index (χ1v) is 5.31. The minimum Gasteiger partial charge on any atom is -0.391 e. The van der Waals surface area contributed by atoms with E-state index in [4.69, 9.17) is 16.3 Å². The van der Waals surface area contributed by atoms with E-state index in [2.05, 4.69) is 9.97 Å². The van der Waals surface area contributed by atoms with E-state index in [1.165, 1.54) is 6.33 Å². The van der Waals surface area contributed by atoms with Gasteiger partial charge in [-0.3, -0.25) is 0 Å². The Morgan fingerprint density at radius 1 is 1.56 bits per heavy atom. The van der Waals surface area contributed by atoms with Gasteiger partial charge in [0.1, 0.15) is 17.3 Å². The monoisotopic (exact) mass is 245 g/mol. The SMILES string of the molecule is COCC(C)N(C)c1ncnc(Cl)c1CO. The molecular weight excluding hydrogens is 230 g/mol. The summed E-state index contributed by atoms with van der Waals surface area (Å²) in [6, 6.07) is 0.140. The van der Waals surface area contributed by atoms with Crippen LogP contribution in [0.4, 0.5) is 5.82 Å². The van der Waals surface area contributed by atoms with Crippen molar-refractivity contribution in [2.45, 2.75) is 19.6 Å². The van der Waals surface area contributed by atoms with Crippen LogP contribution in [0.5, 0.6) is 0 Å². The number of likely N-dealkylation sites (N-methyl/N-ethyl adjacent to an activating group) is 1. The maximum atomic E-state index is 9.24. The molecule has 0 aliphatic heterocycles. The van der Waals surface area contributed by atoms with Crippen LogP contribution in [0.25, 0.3) is 0 Å². The Bertz CT molecular complexity index is 349. The van der Waals surface area contributed by atoms with Crippen molar-refractivity contribution in [1.29, 1.82) is 0 Å². The summed E-state index contributed by atoms with van der Waals surface area (Å²) in [7, 11) is 3.52. The zero-order valence-electron chi connectivity index (χ0n) is 9.64. The molecule has 1 atom stereocenters. The Kier molecular flexibility index (Phi) is 4.92. The van der Waals surface area contributed by atoms with Gasteiger partial charge in [-0.2, -0.15) is 0 Å². The van der Waals surface area contributed by atoms with Gasteiger partial charge in [0.15, 0.2) is 0 Å². The van der Waals surface area contributed by atoms with Gasteiger partial charge in [0, 0.05) is 14.2 Å². The van der Waals surface area contributed by atoms with E-state index in [1.807, 2.05) is 18.9 Å². The quantitative estimate of drug-likeness (QED) is 0.787. The molecule has 0 radical (unpaired) electrons. The number of halogens is 1. The first kappa shape index (κ1) is 13.2. The summed E-state index contributed by atoms with van der Waals surface area (Å²) >= 11 is 5.89. The van der Waals surface area contributed by atoms with Crippen molar-refractivity contribution in [2.24, 2.45) is 0 Å². The van der Waals surface area contributed by atoms with Crippen molar-refractivity contribution in [1.82, 2.24) is 9.97 Å². The molecule has 0 fully saturated rings. The number of anilines is 1. The lowest BCUT2D eigenvalue weighted by Crippen LogP contribution is -2.34. The molecule has 5 nitrogen and oxygen atoms in total. The average Bonchev–Trinajstić information content (AvgIpc) is 2.28. The first-order valence-electron chi connectivity index (χ1n) is 4.93. The fourth-order valence-corrected chi connectivity index (χ4v) is 1.57. The summed E-state index contributed by atoms with van der Waals surface area (Å²) in [5, 5.41) is 9.52. The molecule has 1 rings (SSSR count). The second kappa shape index (κ2) is 5.98. The molecule has 90 valence electrons. The van der Waals surface area contributed by atoms with Crippen molar-refractivity contribution in [2.75, 3.05) is 25.7 Å². The molecule has 0 saturated carbocycles. The lowest BCUT2D eigenvalue weighted by molar-refractivity contribution is 0.183. The predicted octanol–water partition coefficient (Wildman–Crippen LogP) is 1.09. The van der Waals surface area contributed by atoms with Crippen LogP contribution in [0.2, 0.25) is 5.15 Å². The molecule has 6 heteroatoms. The Morgan fingerprint density at radius 2 is 2.25 bits per heavy atom. The van der Waals surface area contributed by atoms with E-state index in [9.17, 15) is 5.11 Å². The second-order valence-electron chi connectivity index (χ2n) is 3.54. The molecule has 16 heavy (non-hydrogen) atoms. The van der Waals surface area contributed by atoms with Crippen LogP contribution < -0.4 is 4.90 Å². The number of ether oxygens (including phenoxy) is 1. The van der Waals surface area contributed by atoms with E-state index in [1.54, 1.807) is 7.11 Å². The third-order valence-corrected chi connectivity index (χ3v) is 2.76. The van der Waals surface area contributed by atoms with Crippen molar-refractivity contribution >= 4 is 17.4 Å². The van der Waals surface area contributed by atoms with E-state index in [0.717, 1.165) is 0 Å². The van der Waals surface area contributed by atoms with Crippen LogP contribution in [0.3, 0.4) is 0 Å². The molecule has 1 aromatic rings. The smallest absolute Gasteiger partial charge is 0.140 e. The summed E-state index contributed by atoms with van der Waals surface area (Å²) in [5.74, 6) is 0.632. The highest BCUT2D eigenvalue weighted by Gasteiger charge is 2.17. The molecule has 0 aliphatic carbocycles. The van der Waals surface area contributed by atoms with Gasteiger partial charge in [-0.1, -0.05) is 11.6 Å². The summed E-state index contributed by atoms with van der Waals surface area (Å²) in [5.41, 5.74) is 0.537. The molecule has 1 unspecified atom stereocenters.